The Labute approximate surface area is 106 Å². The van der Waals surface area contributed by atoms with Crippen LogP contribution in [-0.2, 0) is 0 Å². The summed E-state index contributed by atoms with van der Waals surface area (Å²) < 4.78 is 4.75. The molecule has 2 rings (SSSR count). The molecule has 1 amide bonds. The topological polar surface area (TPSA) is 62.6 Å². The summed E-state index contributed by atoms with van der Waals surface area (Å²) in [6.45, 7) is 4.53. The Morgan fingerprint density at radius 1 is 1.44 bits per heavy atom. The highest BCUT2D eigenvalue weighted by Gasteiger charge is 2.25. The Kier molecular flexibility index (Phi) is 4.15. The van der Waals surface area contributed by atoms with Crippen LogP contribution in [0.3, 0.4) is 0 Å². The van der Waals surface area contributed by atoms with Crippen LogP contribution in [-0.4, -0.2) is 36.5 Å². The molecule has 98 valence electrons. The zero-order valence-corrected chi connectivity index (χ0v) is 10.5. The van der Waals surface area contributed by atoms with Gasteiger partial charge in [-0.25, -0.2) is 4.79 Å². The largest absolute Gasteiger partial charge is 0.430 e. The maximum Gasteiger partial charge on any atom is 0.335 e. The van der Waals surface area contributed by atoms with Crippen LogP contribution >= 0.6 is 0 Å². The average Bonchev–Trinajstić information content (AvgIpc) is 2.41. The molecule has 1 aromatic rings. The summed E-state index contributed by atoms with van der Waals surface area (Å²) >= 11 is 0. The van der Waals surface area contributed by atoms with Crippen LogP contribution in [0.25, 0.3) is 0 Å². The first-order valence-corrected chi connectivity index (χ1v) is 6.33. The summed E-state index contributed by atoms with van der Waals surface area (Å²) in [5.41, 5.74) is 0.00597. The van der Waals surface area contributed by atoms with E-state index in [0.717, 1.165) is 25.9 Å². The van der Waals surface area contributed by atoms with Gasteiger partial charge in [0.05, 0.1) is 5.56 Å². The highest BCUT2D eigenvalue weighted by atomic mass is 16.4. The highest BCUT2D eigenvalue weighted by molar-refractivity contribution is 5.93. The van der Waals surface area contributed by atoms with Gasteiger partial charge in [0.2, 0.25) is 0 Å². The predicted molar refractivity (Wildman–Crippen MR) is 67.6 cm³/mol. The molecule has 0 radical (unpaired) electrons. The summed E-state index contributed by atoms with van der Waals surface area (Å²) in [5, 5.41) is 3.28. The molecule has 0 aliphatic carbocycles. The van der Waals surface area contributed by atoms with Crippen LogP contribution in [0, 0.1) is 0 Å². The van der Waals surface area contributed by atoms with E-state index in [9.17, 15) is 9.59 Å². The number of piperidine rings is 1. The van der Waals surface area contributed by atoms with Crippen molar-refractivity contribution in [2.45, 2.75) is 25.8 Å². The molecular formula is C13H18N2O3. The van der Waals surface area contributed by atoms with E-state index >= 15 is 0 Å². The van der Waals surface area contributed by atoms with Crippen LogP contribution in [0.1, 0.15) is 30.1 Å². The number of hydrogen-bond acceptors (Lipinski definition) is 4. The molecule has 0 bridgehead atoms. The van der Waals surface area contributed by atoms with Crippen molar-refractivity contribution in [3.63, 3.8) is 0 Å². The normalized spacial score (nSPS) is 16.5. The van der Waals surface area contributed by atoms with Crippen molar-refractivity contribution in [1.29, 1.82) is 0 Å². The molecule has 0 spiro atoms. The molecule has 1 fully saturated rings. The van der Waals surface area contributed by atoms with Gasteiger partial charge in [0, 0.05) is 18.7 Å². The van der Waals surface area contributed by atoms with Crippen molar-refractivity contribution < 1.29 is 9.21 Å². The van der Waals surface area contributed by atoms with Gasteiger partial charge in [0.25, 0.3) is 5.91 Å². The maximum atomic E-state index is 12.3. The molecule has 1 aromatic heterocycles. The molecule has 18 heavy (non-hydrogen) atoms. The molecule has 1 aliphatic rings. The van der Waals surface area contributed by atoms with Gasteiger partial charge in [-0.2, -0.15) is 0 Å². The van der Waals surface area contributed by atoms with Crippen molar-refractivity contribution >= 4 is 5.91 Å². The Balaban J connectivity index is 2.13. The number of hydrogen-bond donors (Lipinski definition) is 1. The van der Waals surface area contributed by atoms with Crippen molar-refractivity contribution in [3.05, 3.63) is 34.4 Å². The zero-order chi connectivity index (χ0) is 13.0. The number of amides is 1. The van der Waals surface area contributed by atoms with Gasteiger partial charge in [-0.1, -0.05) is 0 Å². The lowest BCUT2D eigenvalue weighted by Crippen LogP contribution is -2.46. The molecule has 0 aromatic carbocycles. The van der Waals surface area contributed by atoms with Gasteiger partial charge in [-0.05, 0) is 38.9 Å². The Morgan fingerprint density at radius 3 is 2.72 bits per heavy atom. The molecule has 1 aliphatic heterocycles. The van der Waals surface area contributed by atoms with Crippen LogP contribution in [0.15, 0.2) is 27.6 Å². The minimum absolute atomic E-state index is 0.0619. The van der Waals surface area contributed by atoms with Crippen LogP contribution < -0.4 is 10.9 Å². The maximum absolute atomic E-state index is 12.3. The van der Waals surface area contributed by atoms with E-state index in [2.05, 4.69) is 5.32 Å². The lowest BCUT2D eigenvalue weighted by molar-refractivity contribution is 0.0653. The Morgan fingerprint density at radius 2 is 2.17 bits per heavy atom. The lowest BCUT2D eigenvalue weighted by atomic mass is 10.0. The summed E-state index contributed by atoms with van der Waals surface area (Å²) in [7, 11) is 0. The SMILES string of the molecule is CCN(C(=O)c1ccc(=O)oc1)C1CCNCC1. The quantitative estimate of drug-likeness (QED) is 0.864. The van der Waals surface area contributed by atoms with Gasteiger partial charge in [-0.3, -0.25) is 4.79 Å². The molecule has 0 unspecified atom stereocenters. The van der Waals surface area contributed by atoms with Crippen molar-refractivity contribution in [3.8, 4) is 0 Å². The first kappa shape index (κ1) is 12.8. The number of rotatable bonds is 3. The van der Waals surface area contributed by atoms with E-state index in [4.69, 9.17) is 4.42 Å². The fourth-order valence-electron chi connectivity index (χ4n) is 2.33. The van der Waals surface area contributed by atoms with Gasteiger partial charge in [-0.15, -0.1) is 0 Å². The highest BCUT2D eigenvalue weighted by Crippen LogP contribution is 2.14. The van der Waals surface area contributed by atoms with Crippen molar-refractivity contribution in [1.82, 2.24) is 10.2 Å². The van der Waals surface area contributed by atoms with Crippen molar-refractivity contribution in [2.75, 3.05) is 19.6 Å². The number of nitrogens with zero attached hydrogens (tertiary/aromatic N) is 1. The predicted octanol–water partition coefficient (Wildman–Crippen LogP) is 0.854. The van der Waals surface area contributed by atoms with E-state index in [0.29, 0.717) is 12.1 Å². The van der Waals surface area contributed by atoms with Crippen molar-refractivity contribution in [2.24, 2.45) is 0 Å². The molecule has 5 nitrogen and oxygen atoms in total. The van der Waals surface area contributed by atoms with E-state index < -0.39 is 5.63 Å². The van der Waals surface area contributed by atoms with Crippen LogP contribution in [0.2, 0.25) is 0 Å². The van der Waals surface area contributed by atoms with Crippen LogP contribution in [0.4, 0.5) is 0 Å². The van der Waals surface area contributed by atoms with Gasteiger partial charge in [0.1, 0.15) is 6.26 Å². The molecule has 0 saturated carbocycles. The second-order valence-electron chi connectivity index (χ2n) is 4.42. The first-order chi connectivity index (χ1) is 8.72. The monoisotopic (exact) mass is 250 g/mol. The molecule has 1 N–H and O–H groups in total. The van der Waals surface area contributed by atoms with E-state index in [-0.39, 0.29) is 11.9 Å². The Bertz CT molecular complexity index is 443. The van der Waals surface area contributed by atoms with Gasteiger partial charge in [0.15, 0.2) is 0 Å². The summed E-state index contributed by atoms with van der Waals surface area (Å²) in [4.78, 5) is 25.1. The second kappa shape index (κ2) is 5.82. The fraction of sp³-hybridized carbons (Fsp3) is 0.538. The molecule has 0 atom stereocenters. The molecule has 1 saturated heterocycles. The number of nitrogens with one attached hydrogen (secondary N) is 1. The fourth-order valence-corrected chi connectivity index (χ4v) is 2.33. The Hall–Kier alpha value is -1.62. The van der Waals surface area contributed by atoms with E-state index in [1.807, 2.05) is 11.8 Å². The van der Waals surface area contributed by atoms with E-state index in [1.54, 1.807) is 0 Å². The van der Waals surface area contributed by atoms with Gasteiger partial charge >= 0.3 is 5.63 Å². The lowest BCUT2D eigenvalue weighted by Gasteiger charge is -2.33. The molecule has 2 heterocycles. The number of carbonyl (C=O) groups is 1. The molecule has 5 heteroatoms. The first-order valence-electron chi connectivity index (χ1n) is 6.33. The third-order valence-corrected chi connectivity index (χ3v) is 3.30. The average molecular weight is 250 g/mol. The summed E-state index contributed by atoms with van der Waals surface area (Å²) in [6, 6.07) is 3.08. The standard InChI is InChI=1S/C13H18N2O3/c1-2-15(11-5-7-14-8-6-11)13(17)10-3-4-12(16)18-9-10/h3-4,9,11,14H,2,5-8H2,1H3. The smallest absolute Gasteiger partial charge is 0.335 e. The summed E-state index contributed by atoms with van der Waals surface area (Å²) in [6.07, 6.45) is 3.18. The third-order valence-electron chi connectivity index (χ3n) is 3.30. The van der Waals surface area contributed by atoms with Gasteiger partial charge < -0.3 is 14.6 Å². The van der Waals surface area contributed by atoms with Crippen LogP contribution in [0.5, 0.6) is 0 Å². The van der Waals surface area contributed by atoms with E-state index in [1.165, 1.54) is 18.4 Å². The zero-order valence-electron chi connectivity index (χ0n) is 10.5. The number of carbonyl (C=O) groups excluding carboxylic acids is 1. The minimum Gasteiger partial charge on any atom is -0.430 e. The second-order valence-corrected chi connectivity index (χ2v) is 4.42. The molecular weight excluding hydrogens is 232 g/mol. The minimum atomic E-state index is -0.434. The third kappa shape index (κ3) is 2.79. The summed E-state index contributed by atoms with van der Waals surface area (Å²) in [5.74, 6) is -0.0619.